The molecule has 0 saturated heterocycles. The Balaban J connectivity index is 2.21. The number of nitrogens with two attached hydrogens (primary N) is 1. The summed E-state index contributed by atoms with van der Waals surface area (Å²) in [7, 11) is -1.77. The fourth-order valence-corrected chi connectivity index (χ4v) is 3.30. The molecular formula is C13H20N2O2S. The lowest BCUT2D eigenvalue weighted by molar-refractivity contribution is 0.445. The van der Waals surface area contributed by atoms with Gasteiger partial charge in [0.2, 0.25) is 10.0 Å². The fraction of sp³-hybridized carbons (Fsp3) is 0.538. The van der Waals surface area contributed by atoms with Crippen molar-refractivity contribution >= 4 is 15.7 Å². The highest BCUT2D eigenvalue weighted by Crippen LogP contribution is 2.38. The van der Waals surface area contributed by atoms with Gasteiger partial charge >= 0.3 is 0 Å². The molecule has 4 nitrogen and oxygen atoms in total. The number of hydrogen-bond acceptors (Lipinski definition) is 3. The Morgan fingerprint density at radius 2 is 2.06 bits per heavy atom. The zero-order valence-corrected chi connectivity index (χ0v) is 11.9. The predicted octanol–water partition coefficient (Wildman–Crippen LogP) is 1.85. The van der Waals surface area contributed by atoms with Gasteiger partial charge in [0, 0.05) is 19.3 Å². The molecule has 2 atom stereocenters. The number of nitrogens with zero attached hydrogens (tertiary/aromatic N) is 1. The van der Waals surface area contributed by atoms with Crippen molar-refractivity contribution < 1.29 is 8.42 Å². The molecule has 18 heavy (non-hydrogen) atoms. The first-order chi connectivity index (χ1) is 8.32. The zero-order valence-electron chi connectivity index (χ0n) is 11.1. The van der Waals surface area contributed by atoms with Crippen LogP contribution < -0.4 is 5.73 Å². The van der Waals surface area contributed by atoms with Crippen LogP contribution in [0.2, 0.25) is 0 Å². The molecule has 0 amide bonds. The Bertz CT molecular complexity index is 554. The molecule has 0 spiro atoms. The normalized spacial score (nSPS) is 23.3. The van der Waals surface area contributed by atoms with Crippen LogP contribution >= 0.6 is 0 Å². The molecule has 1 aliphatic rings. The molecule has 0 aromatic heterocycles. The van der Waals surface area contributed by atoms with Crippen LogP contribution in [0, 0.1) is 18.8 Å². The summed E-state index contributed by atoms with van der Waals surface area (Å²) in [5.41, 5.74) is 7.18. The van der Waals surface area contributed by atoms with Crippen LogP contribution in [0.1, 0.15) is 18.9 Å². The summed E-state index contributed by atoms with van der Waals surface area (Å²) in [6.45, 7) is 4.60. The monoisotopic (exact) mass is 268 g/mol. The van der Waals surface area contributed by atoms with Crippen LogP contribution in [0.15, 0.2) is 23.1 Å². The second-order valence-electron chi connectivity index (χ2n) is 5.28. The SMILES string of the molecule is Cc1ccc(S(=O)(=O)N(C)CC2CC2C)cc1N. The number of benzene rings is 1. The number of sulfonamides is 1. The summed E-state index contributed by atoms with van der Waals surface area (Å²) in [4.78, 5) is 0.279. The molecule has 1 saturated carbocycles. The van der Waals surface area contributed by atoms with E-state index < -0.39 is 10.0 Å². The lowest BCUT2D eigenvalue weighted by atomic mass is 10.2. The summed E-state index contributed by atoms with van der Waals surface area (Å²) >= 11 is 0. The van der Waals surface area contributed by atoms with E-state index in [-0.39, 0.29) is 4.90 Å². The largest absolute Gasteiger partial charge is 0.398 e. The smallest absolute Gasteiger partial charge is 0.242 e. The van der Waals surface area contributed by atoms with Gasteiger partial charge in [0.15, 0.2) is 0 Å². The highest BCUT2D eigenvalue weighted by molar-refractivity contribution is 7.89. The Hall–Kier alpha value is -1.07. The van der Waals surface area contributed by atoms with E-state index in [4.69, 9.17) is 5.73 Å². The van der Waals surface area contributed by atoms with E-state index in [0.717, 1.165) is 12.0 Å². The lowest BCUT2D eigenvalue weighted by Gasteiger charge is -2.17. The topological polar surface area (TPSA) is 63.4 Å². The first kappa shape index (κ1) is 13.4. The van der Waals surface area contributed by atoms with Gasteiger partial charge in [-0.3, -0.25) is 0 Å². The van der Waals surface area contributed by atoms with Gasteiger partial charge in [0.1, 0.15) is 0 Å². The average molecular weight is 268 g/mol. The van der Waals surface area contributed by atoms with Gasteiger partial charge in [-0.2, -0.15) is 0 Å². The molecular weight excluding hydrogens is 248 g/mol. The molecule has 1 aliphatic carbocycles. The van der Waals surface area contributed by atoms with Crippen LogP contribution in [0.25, 0.3) is 0 Å². The van der Waals surface area contributed by atoms with Crippen molar-refractivity contribution in [3.05, 3.63) is 23.8 Å². The van der Waals surface area contributed by atoms with Crippen LogP contribution in [0.5, 0.6) is 0 Å². The highest BCUT2D eigenvalue weighted by Gasteiger charge is 2.36. The molecule has 1 fully saturated rings. The molecule has 0 aliphatic heterocycles. The van der Waals surface area contributed by atoms with Crippen molar-refractivity contribution in [2.24, 2.45) is 11.8 Å². The van der Waals surface area contributed by atoms with E-state index in [0.29, 0.717) is 24.1 Å². The quantitative estimate of drug-likeness (QED) is 0.848. The number of anilines is 1. The maximum Gasteiger partial charge on any atom is 0.242 e. The molecule has 2 unspecified atom stereocenters. The van der Waals surface area contributed by atoms with Gasteiger partial charge in [-0.05, 0) is 42.9 Å². The summed E-state index contributed by atoms with van der Waals surface area (Å²) in [5, 5.41) is 0. The molecule has 0 radical (unpaired) electrons. The van der Waals surface area contributed by atoms with Crippen molar-refractivity contribution in [1.82, 2.24) is 4.31 Å². The van der Waals surface area contributed by atoms with Gasteiger partial charge < -0.3 is 5.73 Å². The van der Waals surface area contributed by atoms with Gasteiger partial charge in [-0.1, -0.05) is 13.0 Å². The Labute approximate surface area is 109 Å². The Morgan fingerprint density at radius 1 is 1.44 bits per heavy atom. The third kappa shape index (κ3) is 2.52. The summed E-state index contributed by atoms with van der Waals surface area (Å²) in [6, 6.07) is 4.90. The van der Waals surface area contributed by atoms with E-state index in [1.54, 1.807) is 19.2 Å². The van der Waals surface area contributed by atoms with Crippen molar-refractivity contribution in [3.63, 3.8) is 0 Å². The zero-order chi connectivity index (χ0) is 13.5. The minimum Gasteiger partial charge on any atom is -0.398 e. The first-order valence-electron chi connectivity index (χ1n) is 6.15. The standard InChI is InChI=1S/C13H20N2O2S/c1-9-4-5-12(7-13(9)14)18(16,17)15(3)8-11-6-10(11)2/h4-5,7,10-11H,6,8,14H2,1-3H3. The number of aryl methyl sites for hydroxylation is 1. The molecule has 1 aromatic carbocycles. The number of nitrogen functional groups attached to an aromatic ring is 1. The molecule has 2 rings (SSSR count). The third-order valence-electron chi connectivity index (χ3n) is 3.73. The van der Waals surface area contributed by atoms with Gasteiger partial charge in [0.25, 0.3) is 0 Å². The van der Waals surface area contributed by atoms with E-state index in [9.17, 15) is 8.42 Å². The molecule has 5 heteroatoms. The van der Waals surface area contributed by atoms with Crippen molar-refractivity contribution in [3.8, 4) is 0 Å². The minimum absolute atomic E-state index is 0.279. The maximum atomic E-state index is 12.3. The first-order valence-corrected chi connectivity index (χ1v) is 7.59. The summed E-state index contributed by atoms with van der Waals surface area (Å²) < 4.78 is 26.1. The van der Waals surface area contributed by atoms with Gasteiger partial charge in [-0.15, -0.1) is 0 Å². The lowest BCUT2D eigenvalue weighted by Crippen LogP contribution is -2.29. The third-order valence-corrected chi connectivity index (χ3v) is 5.55. The van der Waals surface area contributed by atoms with Crippen LogP contribution in [-0.4, -0.2) is 26.3 Å². The van der Waals surface area contributed by atoms with Crippen molar-refractivity contribution in [1.29, 1.82) is 0 Å². The molecule has 0 bridgehead atoms. The fourth-order valence-electron chi connectivity index (χ4n) is 2.04. The molecule has 0 heterocycles. The van der Waals surface area contributed by atoms with Crippen molar-refractivity contribution in [2.45, 2.75) is 25.2 Å². The van der Waals surface area contributed by atoms with E-state index in [1.165, 1.54) is 10.4 Å². The number of rotatable bonds is 4. The highest BCUT2D eigenvalue weighted by atomic mass is 32.2. The van der Waals surface area contributed by atoms with Crippen molar-refractivity contribution in [2.75, 3.05) is 19.3 Å². The van der Waals surface area contributed by atoms with Crippen LogP contribution in [0.3, 0.4) is 0 Å². The van der Waals surface area contributed by atoms with Gasteiger partial charge in [-0.25, -0.2) is 12.7 Å². The minimum atomic E-state index is -3.40. The average Bonchev–Trinajstić information content (AvgIpc) is 2.98. The Kier molecular flexibility index (Phi) is 3.38. The molecule has 2 N–H and O–H groups in total. The molecule has 100 valence electrons. The summed E-state index contributed by atoms with van der Waals surface area (Å²) in [6.07, 6.45) is 1.12. The Morgan fingerprint density at radius 3 is 2.56 bits per heavy atom. The molecule has 1 aromatic rings. The number of hydrogen-bond donors (Lipinski definition) is 1. The maximum absolute atomic E-state index is 12.3. The van der Waals surface area contributed by atoms with E-state index in [1.807, 2.05) is 6.92 Å². The van der Waals surface area contributed by atoms with Crippen LogP contribution in [-0.2, 0) is 10.0 Å². The van der Waals surface area contributed by atoms with Crippen LogP contribution in [0.4, 0.5) is 5.69 Å². The second-order valence-corrected chi connectivity index (χ2v) is 7.32. The summed E-state index contributed by atoms with van der Waals surface area (Å²) in [5.74, 6) is 1.15. The van der Waals surface area contributed by atoms with Gasteiger partial charge in [0.05, 0.1) is 4.90 Å². The predicted molar refractivity (Wildman–Crippen MR) is 72.7 cm³/mol. The van der Waals surface area contributed by atoms with E-state index in [2.05, 4.69) is 6.92 Å². The van der Waals surface area contributed by atoms with E-state index >= 15 is 0 Å². The second kappa shape index (κ2) is 4.55.